The second kappa shape index (κ2) is 5.58. The number of hydrogen-bond donors (Lipinski definition) is 2. The molecule has 0 aliphatic carbocycles. The molecule has 0 amide bonds. The van der Waals surface area contributed by atoms with Crippen molar-refractivity contribution in [1.82, 2.24) is 19.5 Å². The lowest BCUT2D eigenvalue weighted by atomic mass is 10.1. The summed E-state index contributed by atoms with van der Waals surface area (Å²) >= 11 is 0. The molecule has 1 aromatic carbocycles. The van der Waals surface area contributed by atoms with Gasteiger partial charge in [-0.15, -0.1) is 0 Å². The number of aromatic nitrogens is 3. The summed E-state index contributed by atoms with van der Waals surface area (Å²) in [7, 11) is -1.81. The van der Waals surface area contributed by atoms with Crippen molar-refractivity contribution < 1.29 is 8.42 Å². The molecule has 0 bridgehead atoms. The van der Waals surface area contributed by atoms with Crippen LogP contribution in [0.2, 0.25) is 0 Å². The van der Waals surface area contributed by atoms with Crippen LogP contribution in [0.5, 0.6) is 0 Å². The van der Waals surface area contributed by atoms with Crippen LogP contribution in [0.15, 0.2) is 41.6 Å². The van der Waals surface area contributed by atoms with E-state index < -0.39 is 10.0 Å². The van der Waals surface area contributed by atoms with Crippen LogP contribution in [0, 0.1) is 6.92 Å². The van der Waals surface area contributed by atoms with Crippen molar-refractivity contribution >= 4 is 20.9 Å². The SMILES string of the molecule is Cc1nn(C)cc1S(=O)(=O)NCCc1c[nH]c2ccccc12. The average molecular weight is 318 g/mol. The summed E-state index contributed by atoms with van der Waals surface area (Å²) < 4.78 is 28.7. The summed E-state index contributed by atoms with van der Waals surface area (Å²) in [5.74, 6) is 0. The standard InChI is InChI=1S/C15H18N4O2S/c1-11-15(10-19(2)18-11)22(20,21)17-8-7-12-9-16-14-6-4-3-5-13(12)14/h3-6,9-10,16-17H,7-8H2,1-2H3. The lowest BCUT2D eigenvalue weighted by Crippen LogP contribution is -2.26. The van der Waals surface area contributed by atoms with Crippen molar-refractivity contribution in [2.24, 2.45) is 7.05 Å². The molecule has 6 nitrogen and oxygen atoms in total. The van der Waals surface area contributed by atoms with E-state index in [1.165, 1.54) is 10.9 Å². The first kappa shape index (κ1) is 14.8. The number of aromatic amines is 1. The summed E-state index contributed by atoms with van der Waals surface area (Å²) in [4.78, 5) is 3.42. The Bertz CT molecular complexity index is 909. The molecular formula is C15H18N4O2S. The summed E-state index contributed by atoms with van der Waals surface area (Å²) in [6.07, 6.45) is 4.07. The number of nitrogens with one attached hydrogen (secondary N) is 2. The van der Waals surface area contributed by atoms with E-state index in [9.17, 15) is 8.42 Å². The molecule has 0 saturated heterocycles. The highest BCUT2D eigenvalue weighted by molar-refractivity contribution is 7.89. The molecule has 0 fully saturated rings. The number of hydrogen-bond acceptors (Lipinski definition) is 3. The highest BCUT2D eigenvalue weighted by Gasteiger charge is 2.19. The topological polar surface area (TPSA) is 79.8 Å². The minimum Gasteiger partial charge on any atom is -0.361 e. The van der Waals surface area contributed by atoms with Crippen LogP contribution >= 0.6 is 0 Å². The smallest absolute Gasteiger partial charge is 0.243 e. The lowest BCUT2D eigenvalue weighted by Gasteiger charge is -2.05. The van der Waals surface area contributed by atoms with Gasteiger partial charge in [0.25, 0.3) is 0 Å². The monoisotopic (exact) mass is 318 g/mol. The molecule has 2 aromatic heterocycles. The predicted molar refractivity (Wildman–Crippen MR) is 85.1 cm³/mol. The van der Waals surface area contributed by atoms with Crippen LogP contribution in [0.4, 0.5) is 0 Å². The van der Waals surface area contributed by atoms with E-state index >= 15 is 0 Å². The van der Waals surface area contributed by atoms with Gasteiger partial charge >= 0.3 is 0 Å². The molecule has 0 aliphatic rings. The van der Waals surface area contributed by atoms with Crippen LogP contribution in [0.1, 0.15) is 11.3 Å². The van der Waals surface area contributed by atoms with Gasteiger partial charge in [-0.05, 0) is 25.0 Å². The first-order valence-electron chi connectivity index (χ1n) is 7.02. The fourth-order valence-electron chi connectivity index (χ4n) is 2.58. The normalized spacial score (nSPS) is 12.1. The lowest BCUT2D eigenvalue weighted by molar-refractivity contribution is 0.581. The summed E-state index contributed by atoms with van der Waals surface area (Å²) in [6, 6.07) is 7.97. The Morgan fingerprint density at radius 3 is 2.82 bits per heavy atom. The van der Waals surface area contributed by atoms with Gasteiger partial charge in [-0.1, -0.05) is 18.2 Å². The van der Waals surface area contributed by atoms with Crippen LogP contribution < -0.4 is 4.72 Å². The van der Waals surface area contributed by atoms with Crippen molar-refractivity contribution in [3.63, 3.8) is 0 Å². The maximum atomic E-state index is 12.3. The van der Waals surface area contributed by atoms with Gasteiger partial charge in [-0.3, -0.25) is 4.68 Å². The third-order valence-corrected chi connectivity index (χ3v) is 5.18. The van der Waals surface area contributed by atoms with Gasteiger partial charge in [-0.2, -0.15) is 5.10 Å². The summed E-state index contributed by atoms with van der Waals surface area (Å²) in [5.41, 5.74) is 2.66. The van der Waals surface area contributed by atoms with Gasteiger partial charge in [0.15, 0.2) is 0 Å². The largest absolute Gasteiger partial charge is 0.361 e. The fraction of sp³-hybridized carbons (Fsp3) is 0.267. The zero-order valence-electron chi connectivity index (χ0n) is 12.5. The number of H-pyrrole nitrogens is 1. The Hall–Kier alpha value is -2.12. The third kappa shape index (κ3) is 2.77. The third-order valence-electron chi connectivity index (χ3n) is 3.62. The number of aryl methyl sites for hydroxylation is 2. The molecule has 0 saturated carbocycles. The number of para-hydroxylation sites is 1. The van der Waals surface area contributed by atoms with Gasteiger partial charge in [-0.25, -0.2) is 13.1 Å². The van der Waals surface area contributed by atoms with E-state index in [0.29, 0.717) is 18.7 Å². The molecule has 7 heteroatoms. The molecule has 2 N–H and O–H groups in total. The number of nitrogens with zero attached hydrogens (tertiary/aromatic N) is 2. The summed E-state index contributed by atoms with van der Waals surface area (Å²) in [5, 5.41) is 5.19. The van der Waals surface area contributed by atoms with E-state index in [2.05, 4.69) is 14.8 Å². The summed E-state index contributed by atoms with van der Waals surface area (Å²) in [6.45, 7) is 2.03. The highest BCUT2D eigenvalue weighted by atomic mass is 32.2. The van der Waals surface area contributed by atoms with Crippen molar-refractivity contribution in [2.75, 3.05) is 6.54 Å². The minimum atomic E-state index is -3.52. The van der Waals surface area contributed by atoms with Crippen LogP contribution in [0.3, 0.4) is 0 Å². The van der Waals surface area contributed by atoms with Gasteiger partial charge < -0.3 is 4.98 Å². The fourth-order valence-corrected chi connectivity index (χ4v) is 3.83. The number of sulfonamides is 1. The Morgan fingerprint density at radius 1 is 1.32 bits per heavy atom. The molecule has 0 atom stereocenters. The highest BCUT2D eigenvalue weighted by Crippen LogP contribution is 2.18. The molecule has 3 aromatic rings. The van der Waals surface area contributed by atoms with Crippen molar-refractivity contribution in [2.45, 2.75) is 18.2 Å². The van der Waals surface area contributed by atoms with Crippen molar-refractivity contribution in [1.29, 1.82) is 0 Å². The van der Waals surface area contributed by atoms with Gasteiger partial charge in [0, 0.05) is 36.9 Å². The van der Waals surface area contributed by atoms with Gasteiger partial charge in [0.1, 0.15) is 4.90 Å². The predicted octanol–water partition coefficient (Wildman–Crippen LogP) is 1.73. The van der Waals surface area contributed by atoms with E-state index in [1.54, 1.807) is 14.0 Å². The van der Waals surface area contributed by atoms with E-state index in [4.69, 9.17) is 0 Å². The molecule has 116 valence electrons. The molecule has 0 spiro atoms. The van der Waals surface area contributed by atoms with Gasteiger partial charge in [0.05, 0.1) is 5.69 Å². The van der Waals surface area contributed by atoms with Crippen molar-refractivity contribution in [3.8, 4) is 0 Å². The van der Waals surface area contributed by atoms with Crippen molar-refractivity contribution in [3.05, 3.63) is 47.9 Å². The zero-order chi connectivity index (χ0) is 15.7. The zero-order valence-corrected chi connectivity index (χ0v) is 13.3. The second-order valence-electron chi connectivity index (χ2n) is 5.26. The number of benzene rings is 1. The molecular weight excluding hydrogens is 300 g/mol. The molecule has 0 aliphatic heterocycles. The first-order chi connectivity index (χ1) is 10.5. The Labute approximate surface area is 129 Å². The molecule has 2 heterocycles. The van der Waals surface area contributed by atoms with Crippen LogP contribution in [-0.4, -0.2) is 29.7 Å². The van der Waals surface area contributed by atoms with Crippen LogP contribution in [0.25, 0.3) is 10.9 Å². The average Bonchev–Trinajstić information content (AvgIpc) is 3.03. The molecule has 22 heavy (non-hydrogen) atoms. The van der Waals surface area contributed by atoms with E-state index in [1.807, 2.05) is 30.5 Å². The Kier molecular flexibility index (Phi) is 3.76. The maximum Gasteiger partial charge on any atom is 0.243 e. The van der Waals surface area contributed by atoms with Crippen LogP contribution in [-0.2, 0) is 23.5 Å². The van der Waals surface area contributed by atoms with E-state index in [0.717, 1.165) is 16.5 Å². The first-order valence-corrected chi connectivity index (χ1v) is 8.50. The Morgan fingerprint density at radius 2 is 2.09 bits per heavy atom. The quantitative estimate of drug-likeness (QED) is 0.752. The maximum absolute atomic E-state index is 12.3. The molecule has 3 rings (SSSR count). The minimum absolute atomic E-state index is 0.230. The number of rotatable bonds is 5. The molecule has 0 radical (unpaired) electrons. The number of fused-ring (bicyclic) bond motifs is 1. The molecule has 0 unspecified atom stereocenters. The Balaban J connectivity index is 1.71. The van der Waals surface area contributed by atoms with Gasteiger partial charge in [0.2, 0.25) is 10.0 Å². The van der Waals surface area contributed by atoms with E-state index in [-0.39, 0.29) is 4.90 Å². The second-order valence-corrected chi connectivity index (χ2v) is 7.00.